The summed E-state index contributed by atoms with van der Waals surface area (Å²) in [7, 11) is 0. The molecule has 0 aliphatic carbocycles. The van der Waals surface area contributed by atoms with E-state index in [-0.39, 0.29) is 24.2 Å². The molecule has 0 unspecified atom stereocenters. The number of amides is 1. The molecule has 0 aromatic rings. The summed E-state index contributed by atoms with van der Waals surface area (Å²) >= 11 is 0. The second-order valence-corrected chi connectivity index (χ2v) is 6.12. The molecule has 0 spiro atoms. The number of rotatable bonds is 6. The van der Waals surface area contributed by atoms with E-state index in [0.717, 1.165) is 6.42 Å². The van der Waals surface area contributed by atoms with Crippen LogP contribution in [0.15, 0.2) is 0 Å². The minimum absolute atomic E-state index is 0.133. The van der Waals surface area contributed by atoms with Gasteiger partial charge in [0.1, 0.15) is 0 Å². The molecule has 4 heteroatoms. The van der Waals surface area contributed by atoms with Crippen LogP contribution < -0.4 is 0 Å². The first kappa shape index (κ1) is 16.4. The molecule has 0 aromatic carbocycles. The van der Waals surface area contributed by atoms with E-state index in [9.17, 15) is 4.79 Å². The van der Waals surface area contributed by atoms with Crippen molar-refractivity contribution < 1.29 is 14.3 Å². The molecule has 1 heterocycles. The number of hydrogen-bond acceptors (Lipinski definition) is 3. The molecule has 1 rings (SSSR count). The molecule has 0 radical (unpaired) electrons. The number of morpholine rings is 1. The maximum absolute atomic E-state index is 12.1. The summed E-state index contributed by atoms with van der Waals surface area (Å²) in [5.74, 6) is 0.811. The molecular weight excluding hydrogens is 242 g/mol. The molecule has 0 N–H and O–H groups in total. The Kier molecular flexibility index (Phi) is 6.80. The van der Waals surface area contributed by atoms with Crippen LogP contribution in [0.5, 0.6) is 0 Å². The summed E-state index contributed by atoms with van der Waals surface area (Å²) in [5, 5.41) is 0. The van der Waals surface area contributed by atoms with Crippen LogP contribution in [-0.2, 0) is 14.3 Å². The fraction of sp³-hybridized carbons (Fsp3) is 0.933. The van der Waals surface area contributed by atoms with E-state index in [0.29, 0.717) is 32.0 Å². The molecule has 3 atom stereocenters. The van der Waals surface area contributed by atoms with Crippen LogP contribution in [0.25, 0.3) is 0 Å². The van der Waals surface area contributed by atoms with Crippen molar-refractivity contribution in [1.82, 2.24) is 4.90 Å². The van der Waals surface area contributed by atoms with Gasteiger partial charge in [-0.25, -0.2) is 0 Å². The Bertz CT molecular complexity index is 271. The lowest BCUT2D eigenvalue weighted by molar-refractivity contribution is -0.144. The Morgan fingerprint density at radius 2 is 1.84 bits per heavy atom. The standard InChI is InChI=1S/C15H29NO3/c1-11(2)8-12(3)18-7-6-15(17)16-9-13(4)19-14(5)10-16/h11-14H,6-10H2,1-5H3/t12-,13-,14+/m0/s1. The summed E-state index contributed by atoms with van der Waals surface area (Å²) < 4.78 is 11.3. The van der Waals surface area contributed by atoms with E-state index in [1.54, 1.807) is 0 Å². The van der Waals surface area contributed by atoms with E-state index in [1.807, 2.05) is 18.7 Å². The molecule has 1 saturated heterocycles. The molecule has 0 aromatic heterocycles. The highest BCUT2D eigenvalue weighted by atomic mass is 16.5. The second-order valence-electron chi connectivity index (χ2n) is 6.12. The summed E-state index contributed by atoms with van der Waals surface area (Å²) in [6.45, 7) is 12.4. The van der Waals surface area contributed by atoms with Gasteiger partial charge in [0.2, 0.25) is 5.91 Å². The average Bonchev–Trinajstić information content (AvgIpc) is 2.26. The van der Waals surface area contributed by atoms with Crippen LogP contribution in [0.3, 0.4) is 0 Å². The summed E-state index contributed by atoms with van der Waals surface area (Å²) in [6.07, 6.45) is 2.01. The largest absolute Gasteiger partial charge is 0.378 e. The van der Waals surface area contributed by atoms with Crippen molar-refractivity contribution in [3.8, 4) is 0 Å². The van der Waals surface area contributed by atoms with E-state index in [2.05, 4.69) is 20.8 Å². The molecule has 1 fully saturated rings. The Labute approximate surface area is 117 Å². The van der Waals surface area contributed by atoms with Crippen LogP contribution in [-0.4, -0.2) is 48.8 Å². The van der Waals surface area contributed by atoms with Crippen LogP contribution in [0.1, 0.15) is 47.5 Å². The third-order valence-electron chi connectivity index (χ3n) is 3.29. The number of ether oxygens (including phenoxy) is 2. The van der Waals surface area contributed by atoms with Crippen LogP contribution in [0.2, 0.25) is 0 Å². The lowest BCUT2D eigenvalue weighted by Gasteiger charge is -2.35. The van der Waals surface area contributed by atoms with Gasteiger partial charge in [-0.3, -0.25) is 4.79 Å². The smallest absolute Gasteiger partial charge is 0.225 e. The molecule has 1 aliphatic heterocycles. The van der Waals surface area contributed by atoms with E-state index >= 15 is 0 Å². The third kappa shape index (κ3) is 6.39. The molecule has 19 heavy (non-hydrogen) atoms. The van der Waals surface area contributed by atoms with Crippen LogP contribution >= 0.6 is 0 Å². The fourth-order valence-electron chi connectivity index (χ4n) is 2.62. The molecule has 0 saturated carbocycles. The van der Waals surface area contributed by atoms with Crippen LogP contribution in [0.4, 0.5) is 0 Å². The fourth-order valence-corrected chi connectivity index (χ4v) is 2.62. The molecular formula is C15H29NO3. The monoisotopic (exact) mass is 271 g/mol. The highest BCUT2D eigenvalue weighted by molar-refractivity contribution is 5.76. The molecule has 0 bridgehead atoms. The van der Waals surface area contributed by atoms with Gasteiger partial charge in [0.15, 0.2) is 0 Å². The average molecular weight is 271 g/mol. The normalized spacial score (nSPS) is 25.7. The van der Waals surface area contributed by atoms with Crippen molar-refractivity contribution >= 4 is 5.91 Å². The zero-order chi connectivity index (χ0) is 14.4. The van der Waals surface area contributed by atoms with E-state index in [4.69, 9.17) is 9.47 Å². The van der Waals surface area contributed by atoms with Crippen molar-refractivity contribution in [2.75, 3.05) is 19.7 Å². The first-order chi connectivity index (χ1) is 8.88. The van der Waals surface area contributed by atoms with Crippen molar-refractivity contribution in [3.05, 3.63) is 0 Å². The highest BCUT2D eigenvalue weighted by Crippen LogP contribution is 2.12. The maximum atomic E-state index is 12.1. The topological polar surface area (TPSA) is 38.8 Å². The van der Waals surface area contributed by atoms with Gasteiger partial charge in [0.25, 0.3) is 0 Å². The van der Waals surface area contributed by atoms with Crippen LogP contribution in [0, 0.1) is 5.92 Å². The third-order valence-corrected chi connectivity index (χ3v) is 3.29. The molecule has 4 nitrogen and oxygen atoms in total. The Morgan fingerprint density at radius 1 is 1.26 bits per heavy atom. The minimum atomic E-state index is 0.133. The maximum Gasteiger partial charge on any atom is 0.225 e. The van der Waals surface area contributed by atoms with Gasteiger partial charge >= 0.3 is 0 Å². The summed E-state index contributed by atoms with van der Waals surface area (Å²) in [6, 6.07) is 0. The van der Waals surface area contributed by atoms with Crippen molar-refractivity contribution in [3.63, 3.8) is 0 Å². The summed E-state index contributed by atoms with van der Waals surface area (Å²) in [4.78, 5) is 14.0. The van der Waals surface area contributed by atoms with Gasteiger partial charge in [-0.2, -0.15) is 0 Å². The quantitative estimate of drug-likeness (QED) is 0.745. The number of carbonyl (C=O) groups excluding carboxylic acids is 1. The van der Waals surface area contributed by atoms with E-state index in [1.165, 1.54) is 0 Å². The summed E-state index contributed by atoms with van der Waals surface area (Å²) in [5.41, 5.74) is 0. The Morgan fingerprint density at radius 3 is 2.37 bits per heavy atom. The van der Waals surface area contributed by atoms with Crippen molar-refractivity contribution in [2.24, 2.45) is 5.92 Å². The van der Waals surface area contributed by atoms with Crippen molar-refractivity contribution in [2.45, 2.75) is 65.8 Å². The van der Waals surface area contributed by atoms with Gasteiger partial charge in [-0.15, -0.1) is 0 Å². The first-order valence-electron chi connectivity index (χ1n) is 7.43. The van der Waals surface area contributed by atoms with Crippen molar-refractivity contribution in [1.29, 1.82) is 0 Å². The Balaban J connectivity index is 2.23. The molecule has 1 aliphatic rings. The molecule has 112 valence electrons. The highest BCUT2D eigenvalue weighted by Gasteiger charge is 2.25. The van der Waals surface area contributed by atoms with E-state index < -0.39 is 0 Å². The van der Waals surface area contributed by atoms with Gasteiger partial charge < -0.3 is 14.4 Å². The lowest BCUT2D eigenvalue weighted by Crippen LogP contribution is -2.48. The molecule has 1 amide bonds. The second kappa shape index (κ2) is 7.85. The zero-order valence-electron chi connectivity index (χ0n) is 13.0. The predicted octanol–water partition coefficient (Wildman–Crippen LogP) is 2.46. The number of hydrogen-bond donors (Lipinski definition) is 0. The Hall–Kier alpha value is -0.610. The minimum Gasteiger partial charge on any atom is -0.378 e. The van der Waals surface area contributed by atoms with Gasteiger partial charge in [-0.05, 0) is 33.1 Å². The zero-order valence-corrected chi connectivity index (χ0v) is 13.0. The SMILES string of the molecule is CC(C)C[C@H](C)OCCC(=O)N1C[C@@H](C)O[C@@H](C)C1. The van der Waals surface area contributed by atoms with Gasteiger partial charge in [-0.1, -0.05) is 13.8 Å². The number of nitrogens with zero attached hydrogens (tertiary/aromatic N) is 1. The number of carbonyl (C=O) groups is 1. The predicted molar refractivity (Wildman–Crippen MR) is 76.1 cm³/mol. The van der Waals surface area contributed by atoms with Gasteiger partial charge in [0.05, 0.1) is 31.3 Å². The first-order valence-corrected chi connectivity index (χ1v) is 7.43. The van der Waals surface area contributed by atoms with Gasteiger partial charge in [0, 0.05) is 13.1 Å². The lowest BCUT2D eigenvalue weighted by atomic mass is 10.1.